The van der Waals surface area contributed by atoms with Gasteiger partial charge in [0.05, 0.1) is 11.8 Å². The van der Waals surface area contributed by atoms with E-state index in [1.165, 1.54) is 11.8 Å². The first-order valence-corrected chi connectivity index (χ1v) is 10.5. The number of hydrogen-bond donors (Lipinski definition) is 1. The summed E-state index contributed by atoms with van der Waals surface area (Å²) in [5, 5.41) is 8.61. The lowest BCUT2D eigenvalue weighted by Gasteiger charge is -2.34. The molecule has 1 saturated heterocycles. The second kappa shape index (κ2) is 13.0. The third-order valence-electron chi connectivity index (χ3n) is 4.31. The Bertz CT molecular complexity index is 464. The fraction of sp³-hybridized carbons (Fsp3) is 0.737. The molecule has 1 aliphatic rings. The number of carboxylic acid groups (broad SMARTS) is 1. The average Bonchev–Trinajstić information content (AvgIpc) is 2.57. The van der Waals surface area contributed by atoms with Gasteiger partial charge in [-0.1, -0.05) is 25.8 Å². The van der Waals surface area contributed by atoms with Crippen molar-refractivity contribution < 1.29 is 19.5 Å². The van der Waals surface area contributed by atoms with E-state index < -0.39 is 5.97 Å². The highest BCUT2D eigenvalue weighted by Crippen LogP contribution is 2.20. The number of thioether (sulfide) groups is 1. The largest absolute Gasteiger partial charge is 0.481 e. The SMILES string of the molecule is CCCCCC(=O)/C=C/[C@H]1CCCC(=O)N1CCCCSCC(=O)O. The van der Waals surface area contributed by atoms with Gasteiger partial charge in [0.2, 0.25) is 5.91 Å². The van der Waals surface area contributed by atoms with Gasteiger partial charge in [-0.25, -0.2) is 0 Å². The van der Waals surface area contributed by atoms with Crippen LogP contribution in [0.3, 0.4) is 0 Å². The van der Waals surface area contributed by atoms with Crippen molar-refractivity contribution in [1.29, 1.82) is 0 Å². The van der Waals surface area contributed by atoms with Crippen LogP contribution < -0.4 is 0 Å². The fourth-order valence-electron chi connectivity index (χ4n) is 2.93. The van der Waals surface area contributed by atoms with Crippen LogP contribution in [0.2, 0.25) is 0 Å². The number of carbonyl (C=O) groups excluding carboxylic acids is 2. The number of unbranched alkanes of at least 4 members (excludes halogenated alkanes) is 3. The molecule has 1 amide bonds. The van der Waals surface area contributed by atoms with Gasteiger partial charge in [-0.3, -0.25) is 14.4 Å². The number of ketones is 1. The first kappa shape index (κ1) is 21.7. The second-order valence-corrected chi connectivity index (χ2v) is 7.59. The predicted octanol–water partition coefficient (Wildman–Crippen LogP) is 3.67. The highest BCUT2D eigenvalue weighted by molar-refractivity contribution is 7.99. The Balaban J connectivity index is 2.38. The molecular weight excluding hydrogens is 338 g/mol. The zero-order valence-corrected chi connectivity index (χ0v) is 16.1. The van der Waals surface area contributed by atoms with E-state index in [0.717, 1.165) is 50.7 Å². The van der Waals surface area contributed by atoms with Crippen LogP contribution in [0.1, 0.15) is 64.7 Å². The van der Waals surface area contributed by atoms with E-state index in [1.54, 1.807) is 6.08 Å². The van der Waals surface area contributed by atoms with Gasteiger partial charge >= 0.3 is 5.97 Å². The van der Waals surface area contributed by atoms with Crippen LogP contribution in [0.15, 0.2) is 12.2 Å². The Kier molecular flexibility index (Phi) is 11.3. The third kappa shape index (κ3) is 9.68. The molecular formula is C19H31NO4S. The molecule has 0 bridgehead atoms. The minimum Gasteiger partial charge on any atom is -0.481 e. The molecule has 0 radical (unpaired) electrons. The summed E-state index contributed by atoms with van der Waals surface area (Å²) < 4.78 is 0. The Morgan fingerprint density at radius 1 is 1.28 bits per heavy atom. The molecule has 1 atom stereocenters. The number of carbonyl (C=O) groups is 3. The number of amides is 1. The van der Waals surface area contributed by atoms with Gasteiger partial charge in [-0.15, -0.1) is 0 Å². The average molecular weight is 370 g/mol. The molecule has 1 aliphatic heterocycles. The van der Waals surface area contributed by atoms with Crippen LogP contribution in [0, 0.1) is 0 Å². The number of rotatable bonds is 13. The summed E-state index contributed by atoms with van der Waals surface area (Å²) in [6.45, 7) is 2.80. The molecule has 0 spiro atoms. The number of piperidine rings is 1. The third-order valence-corrected chi connectivity index (χ3v) is 5.33. The predicted molar refractivity (Wildman–Crippen MR) is 102 cm³/mol. The lowest BCUT2D eigenvalue weighted by molar-refractivity contribution is -0.135. The molecule has 0 unspecified atom stereocenters. The van der Waals surface area contributed by atoms with Gasteiger partial charge in [0, 0.05) is 19.4 Å². The highest BCUT2D eigenvalue weighted by Gasteiger charge is 2.25. The van der Waals surface area contributed by atoms with Crippen LogP contribution >= 0.6 is 11.8 Å². The highest BCUT2D eigenvalue weighted by atomic mass is 32.2. The van der Waals surface area contributed by atoms with Crippen molar-refractivity contribution in [3.63, 3.8) is 0 Å². The normalized spacial score (nSPS) is 18.0. The van der Waals surface area contributed by atoms with Crippen molar-refractivity contribution in [2.45, 2.75) is 70.8 Å². The molecule has 1 fully saturated rings. The first-order chi connectivity index (χ1) is 12.0. The van der Waals surface area contributed by atoms with Crippen LogP contribution in [-0.2, 0) is 14.4 Å². The van der Waals surface area contributed by atoms with Gasteiger partial charge in [0.1, 0.15) is 0 Å². The Morgan fingerprint density at radius 3 is 2.80 bits per heavy atom. The zero-order valence-electron chi connectivity index (χ0n) is 15.2. The van der Waals surface area contributed by atoms with Crippen LogP contribution in [0.25, 0.3) is 0 Å². The summed E-state index contributed by atoms with van der Waals surface area (Å²) in [4.78, 5) is 36.4. The van der Waals surface area contributed by atoms with Crippen LogP contribution in [-0.4, -0.2) is 51.8 Å². The molecule has 0 aromatic rings. The van der Waals surface area contributed by atoms with E-state index in [0.29, 0.717) is 19.4 Å². The zero-order chi connectivity index (χ0) is 18.5. The van der Waals surface area contributed by atoms with E-state index >= 15 is 0 Å². The van der Waals surface area contributed by atoms with Gasteiger partial charge in [-0.2, -0.15) is 11.8 Å². The molecule has 25 heavy (non-hydrogen) atoms. The van der Waals surface area contributed by atoms with Gasteiger partial charge < -0.3 is 10.0 Å². The number of aliphatic carboxylic acids is 1. The summed E-state index contributed by atoms with van der Waals surface area (Å²) in [5.41, 5.74) is 0. The minimum absolute atomic E-state index is 0.0306. The Labute approximate surface area is 155 Å². The van der Waals surface area contributed by atoms with Crippen LogP contribution in [0.5, 0.6) is 0 Å². The second-order valence-electron chi connectivity index (χ2n) is 6.48. The van der Waals surface area contributed by atoms with Crippen molar-refractivity contribution in [2.75, 3.05) is 18.1 Å². The van der Waals surface area contributed by atoms with E-state index in [1.807, 2.05) is 11.0 Å². The summed E-state index contributed by atoms with van der Waals surface area (Å²) >= 11 is 1.41. The number of hydrogen-bond acceptors (Lipinski definition) is 4. The monoisotopic (exact) mass is 369 g/mol. The van der Waals surface area contributed by atoms with E-state index in [9.17, 15) is 14.4 Å². The lowest BCUT2D eigenvalue weighted by Crippen LogP contribution is -2.43. The quantitative estimate of drug-likeness (QED) is 0.396. The molecule has 5 nitrogen and oxygen atoms in total. The maximum Gasteiger partial charge on any atom is 0.313 e. The van der Waals surface area contributed by atoms with Crippen LogP contribution in [0.4, 0.5) is 0 Å². The summed E-state index contributed by atoms with van der Waals surface area (Å²) in [7, 11) is 0. The van der Waals surface area contributed by atoms with Crippen molar-refractivity contribution in [3.8, 4) is 0 Å². The summed E-state index contributed by atoms with van der Waals surface area (Å²) in [6.07, 6.45) is 11.4. The van der Waals surface area contributed by atoms with Crippen molar-refractivity contribution >= 4 is 29.4 Å². The van der Waals surface area contributed by atoms with Gasteiger partial charge in [0.15, 0.2) is 5.78 Å². The molecule has 0 aromatic heterocycles. The van der Waals surface area contributed by atoms with Gasteiger partial charge in [-0.05, 0) is 43.9 Å². The van der Waals surface area contributed by atoms with E-state index in [-0.39, 0.29) is 23.5 Å². The number of carboxylic acids is 1. The number of likely N-dealkylation sites (tertiary alicyclic amines) is 1. The van der Waals surface area contributed by atoms with Crippen molar-refractivity contribution in [1.82, 2.24) is 4.90 Å². The first-order valence-electron chi connectivity index (χ1n) is 9.34. The molecule has 6 heteroatoms. The standard InChI is InChI=1S/C19H31NO4S/c1-2-3-4-9-17(21)12-11-16-8-7-10-18(22)20(16)13-5-6-14-25-15-19(23)24/h11-12,16H,2-10,13-15H2,1H3,(H,23,24)/b12-11+/t16-/m1/s1. The number of allylic oxidation sites excluding steroid dienone is 1. The Hall–Kier alpha value is -1.30. The molecule has 0 aromatic carbocycles. The maximum absolute atomic E-state index is 12.2. The molecule has 0 aliphatic carbocycles. The molecule has 1 heterocycles. The molecule has 1 rings (SSSR count). The van der Waals surface area contributed by atoms with E-state index in [2.05, 4.69) is 6.92 Å². The maximum atomic E-state index is 12.2. The topological polar surface area (TPSA) is 74.7 Å². The molecule has 142 valence electrons. The summed E-state index contributed by atoms with van der Waals surface area (Å²) in [6, 6.07) is 0.0306. The molecule has 0 saturated carbocycles. The fourth-order valence-corrected chi connectivity index (χ4v) is 3.66. The summed E-state index contributed by atoms with van der Waals surface area (Å²) in [5.74, 6) is 0.456. The smallest absolute Gasteiger partial charge is 0.313 e. The molecule has 1 N–H and O–H groups in total. The van der Waals surface area contributed by atoms with Gasteiger partial charge in [0.25, 0.3) is 0 Å². The van der Waals surface area contributed by atoms with Crippen molar-refractivity contribution in [3.05, 3.63) is 12.2 Å². The Morgan fingerprint density at radius 2 is 2.08 bits per heavy atom. The lowest BCUT2D eigenvalue weighted by atomic mass is 9.99. The number of nitrogens with zero attached hydrogens (tertiary/aromatic N) is 1. The van der Waals surface area contributed by atoms with E-state index in [4.69, 9.17) is 5.11 Å². The minimum atomic E-state index is -0.787. The van der Waals surface area contributed by atoms with Crippen molar-refractivity contribution in [2.24, 2.45) is 0 Å².